The van der Waals surface area contributed by atoms with Crippen molar-refractivity contribution < 1.29 is 4.79 Å². The summed E-state index contributed by atoms with van der Waals surface area (Å²) in [5.74, 6) is 0.0303. The third-order valence-electron chi connectivity index (χ3n) is 4.97. The molecular formula is C26H17NOS. The molecule has 0 saturated heterocycles. The summed E-state index contributed by atoms with van der Waals surface area (Å²) in [5, 5.41) is 0.982. The first-order valence-corrected chi connectivity index (χ1v) is 10.3. The second-order valence-corrected chi connectivity index (χ2v) is 7.84. The molecule has 0 unspecified atom stereocenters. The molecule has 2 aromatic heterocycles. The van der Waals surface area contributed by atoms with Crippen molar-refractivity contribution in [3.8, 4) is 21.7 Å². The molecule has 29 heavy (non-hydrogen) atoms. The van der Waals surface area contributed by atoms with E-state index in [1.54, 1.807) is 17.5 Å². The lowest BCUT2D eigenvalue weighted by Crippen LogP contribution is -2.02. The van der Waals surface area contributed by atoms with Gasteiger partial charge in [-0.05, 0) is 29.3 Å². The van der Waals surface area contributed by atoms with E-state index in [9.17, 15) is 4.79 Å². The second kappa shape index (κ2) is 7.46. The van der Waals surface area contributed by atoms with E-state index in [1.807, 2.05) is 78.9 Å². The van der Waals surface area contributed by atoms with Crippen molar-refractivity contribution >= 4 is 27.2 Å². The lowest BCUT2D eigenvalue weighted by molar-refractivity contribution is 0.104. The number of fused-ring (bicyclic) bond motifs is 1. The summed E-state index contributed by atoms with van der Waals surface area (Å²) in [4.78, 5) is 19.0. The average Bonchev–Trinajstić information content (AvgIpc) is 3.19. The van der Waals surface area contributed by atoms with Gasteiger partial charge in [0.2, 0.25) is 0 Å². The first-order valence-electron chi connectivity index (χ1n) is 9.44. The number of carbonyl (C=O) groups excluding carboxylic acids is 1. The molecule has 2 nitrogen and oxygen atoms in total. The van der Waals surface area contributed by atoms with Gasteiger partial charge in [0.15, 0.2) is 5.78 Å². The topological polar surface area (TPSA) is 30.0 Å². The monoisotopic (exact) mass is 391 g/mol. The molecule has 5 aromatic rings. The van der Waals surface area contributed by atoms with Gasteiger partial charge in [0.1, 0.15) is 0 Å². The van der Waals surface area contributed by atoms with Crippen LogP contribution >= 0.6 is 11.3 Å². The molecule has 0 N–H and O–H groups in total. The van der Waals surface area contributed by atoms with Crippen LogP contribution in [0.4, 0.5) is 0 Å². The smallest absolute Gasteiger partial charge is 0.195 e. The van der Waals surface area contributed by atoms with E-state index in [2.05, 4.69) is 23.2 Å². The molecular weight excluding hydrogens is 374 g/mol. The number of hydrogen-bond acceptors (Lipinski definition) is 3. The van der Waals surface area contributed by atoms with Gasteiger partial charge in [-0.1, -0.05) is 78.9 Å². The molecule has 0 amide bonds. The Bertz CT molecular complexity index is 1290. The number of pyridine rings is 1. The molecule has 5 rings (SSSR count). The molecule has 3 aromatic carbocycles. The van der Waals surface area contributed by atoms with Crippen molar-refractivity contribution in [2.45, 2.75) is 0 Å². The zero-order chi connectivity index (χ0) is 19.6. The summed E-state index contributed by atoms with van der Waals surface area (Å²) < 4.78 is 1.09. The molecule has 0 aliphatic heterocycles. The first kappa shape index (κ1) is 17.5. The summed E-state index contributed by atoms with van der Waals surface area (Å²) >= 11 is 1.62. The molecule has 0 aliphatic carbocycles. The molecule has 0 saturated carbocycles. The minimum Gasteiger partial charge on any atom is -0.289 e. The normalized spacial score (nSPS) is 10.9. The SMILES string of the molecule is O=C(c1ccc(-c2ccccc2)cc1)c1c(-c2ccccn2)sc2ccccc12. The first-order chi connectivity index (χ1) is 14.3. The van der Waals surface area contributed by atoms with Gasteiger partial charge in [-0.25, -0.2) is 0 Å². The minimum absolute atomic E-state index is 0.0303. The zero-order valence-electron chi connectivity index (χ0n) is 15.6. The summed E-state index contributed by atoms with van der Waals surface area (Å²) in [6.45, 7) is 0. The zero-order valence-corrected chi connectivity index (χ0v) is 16.4. The number of aromatic nitrogens is 1. The molecule has 138 valence electrons. The maximum atomic E-state index is 13.5. The van der Waals surface area contributed by atoms with E-state index in [0.717, 1.165) is 37.3 Å². The van der Waals surface area contributed by atoms with Crippen LogP contribution in [0.1, 0.15) is 15.9 Å². The van der Waals surface area contributed by atoms with Crippen LogP contribution < -0.4 is 0 Å². The molecule has 0 radical (unpaired) electrons. The van der Waals surface area contributed by atoms with Crippen molar-refractivity contribution in [1.29, 1.82) is 0 Å². The van der Waals surface area contributed by atoms with Gasteiger partial charge < -0.3 is 0 Å². The molecule has 3 heteroatoms. The lowest BCUT2D eigenvalue weighted by Gasteiger charge is -2.06. The van der Waals surface area contributed by atoms with Crippen LogP contribution in [0.25, 0.3) is 31.8 Å². The van der Waals surface area contributed by atoms with E-state index in [-0.39, 0.29) is 5.78 Å². The van der Waals surface area contributed by atoms with Crippen molar-refractivity contribution in [3.63, 3.8) is 0 Å². The fourth-order valence-corrected chi connectivity index (χ4v) is 4.71. The summed E-state index contributed by atoms with van der Waals surface area (Å²) in [7, 11) is 0. The predicted octanol–water partition coefficient (Wildman–Crippen LogP) is 6.86. The highest BCUT2D eigenvalue weighted by Crippen LogP contribution is 2.39. The van der Waals surface area contributed by atoms with Crippen LogP contribution in [-0.2, 0) is 0 Å². The molecule has 0 atom stereocenters. The van der Waals surface area contributed by atoms with Gasteiger partial charge in [0.05, 0.1) is 16.1 Å². The number of ketones is 1. The quantitative estimate of drug-likeness (QED) is 0.313. The van der Waals surface area contributed by atoms with Crippen LogP contribution in [0.3, 0.4) is 0 Å². The van der Waals surface area contributed by atoms with Crippen LogP contribution in [0.2, 0.25) is 0 Å². The fraction of sp³-hybridized carbons (Fsp3) is 0. The fourth-order valence-electron chi connectivity index (χ4n) is 3.54. The third-order valence-corrected chi connectivity index (χ3v) is 6.17. The highest BCUT2D eigenvalue weighted by atomic mass is 32.1. The van der Waals surface area contributed by atoms with Crippen molar-refractivity contribution in [1.82, 2.24) is 4.98 Å². The largest absolute Gasteiger partial charge is 0.289 e. The summed E-state index contributed by atoms with van der Waals surface area (Å²) in [6, 6.07) is 31.9. The van der Waals surface area contributed by atoms with Gasteiger partial charge >= 0.3 is 0 Å². The Balaban J connectivity index is 1.61. The number of rotatable bonds is 4. The Kier molecular flexibility index (Phi) is 4.51. The number of nitrogens with zero attached hydrogens (tertiary/aromatic N) is 1. The van der Waals surface area contributed by atoms with Gasteiger partial charge in [-0.2, -0.15) is 0 Å². The van der Waals surface area contributed by atoms with E-state index < -0.39 is 0 Å². The van der Waals surface area contributed by atoms with Crippen molar-refractivity contribution in [3.05, 3.63) is 114 Å². The average molecular weight is 391 g/mol. The maximum absolute atomic E-state index is 13.5. The third kappa shape index (κ3) is 3.26. The number of carbonyl (C=O) groups is 1. The molecule has 0 fully saturated rings. The van der Waals surface area contributed by atoms with Crippen molar-refractivity contribution in [2.24, 2.45) is 0 Å². The summed E-state index contributed by atoms with van der Waals surface area (Å²) in [5.41, 5.74) is 4.49. The lowest BCUT2D eigenvalue weighted by atomic mass is 9.97. The Morgan fingerprint density at radius 3 is 2.14 bits per heavy atom. The van der Waals surface area contributed by atoms with E-state index in [4.69, 9.17) is 0 Å². The standard InChI is InChI=1S/C26H17NOS/c28-25(20-15-13-19(14-16-20)18-8-2-1-3-9-18)24-21-10-4-5-12-23(21)29-26(24)22-11-6-7-17-27-22/h1-17H. The number of hydrogen-bond donors (Lipinski definition) is 0. The highest BCUT2D eigenvalue weighted by molar-refractivity contribution is 7.22. The molecule has 0 aliphatic rings. The van der Waals surface area contributed by atoms with Crippen LogP contribution in [-0.4, -0.2) is 10.8 Å². The van der Waals surface area contributed by atoms with Crippen LogP contribution in [0.5, 0.6) is 0 Å². The van der Waals surface area contributed by atoms with Crippen LogP contribution in [0, 0.1) is 0 Å². The van der Waals surface area contributed by atoms with E-state index in [0.29, 0.717) is 5.56 Å². The summed E-state index contributed by atoms with van der Waals surface area (Å²) in [6.07, 6.45) is 1.77. The van der Waals surface area contributed by atoms with Gasteiger partial charge in [0.25, 0.3) is 0 Å². The van der Waals surface area contributed by atoms with Gasteiger partial charge in [-0.15, -0.1) is 11.3 Å². The highest BCUT2D eigenvalue weighted by Gasteiger charge is 2.21. The van der Waals surface area contributed by atoms with Gasteiger partial charge in [-0.3, -0.25) is 9.78 Å². The Labute approximate surface area is 173 Å². The predicted molar refractivity (Wildman–Crippen MR) is 120 cm³/mol. The second-order valence-electron chi connectivity index (χ2n) is 6.79. The maximum Gasteiger partial charge on any atom is 0.195 e. The number of thiophene rings is 1. The van der Waals surface area contributed by atoms with E-state index in [1.165, 1.54) is 0 Å². The van der Waals surface area contributed by atoms with E-state index >= 15 is 0 Å². The minimum atomic E-state index is 0.0303. The Hall–Kier alpha value is -3.56. The van der Waals surface area contributed by atoms with Crippen molar-refractivity contribution in [2.75, 3.05) is 0 Å². The Morgan fingerprint density at radius 1 is 0.690 bits per heavy atom. The molecule has 0 spiro atoms. The van der Waals surface area contributed by atoms with Gasteiger partial charge in [0, 0.05) is 21.8 Å². The molecule has 0 bridgehead atoms. The number of benzene rings is 3. The molecule has 2 heterocycles. The Morgan fingerprint density at radius 2 is 1.38 bits per heavy atom. The van der Waals surface area contributed by atoms with Crippen LogP contribution in [0.15, 0.2) is 103 Å².